The molecule has 2 rings (SSSR count). The lowest BCUT2D eigenvalue weighted by atomic mass is 9.92. The Morgan fingerprint density at radius 1 is 1.41 bits per heavy atom. The van der Waals surface area contributed by atoms with E-state index in [4.69, 9.17) is 0 Å². The third-order valence-electron chi connectivity index (χ3n) is 3.79. The van der Waals surface area contributed by atoms with E-state index in [2.05, 4.69) is 21.2 Å². The maximum atomic E-state index is 13.0. The maximum Gasteiger partial charge on any atom is 0.124 e. The number of benzene rings is 1. The Morgan fingerprint density at radius 3 is 2.71 bits per heavy atom. The summed E-state index contributed by atoms with van der Waals surface area (Å²) in [4.78, 5) is 0. The van der Waals surface area contributed by atoms with Crippen LogP contribution in [0.2, 0.25) is 0 Å². The molecule has 0 bridgehead atoms. The monoisotopic (exact) mass is 299 g/mol. The number of hydrogen-bond donors (Lipinski definition) is 1. The molecule has 0 saturated heterocycles. The molecule has 1 aromatic rings. The molecule has 1 aromatic carbocycles. The minimum Gasteiger partial charge on any atom is -0.316 e. The second-order valence-corrected chi connectivity index (χ2v) is 5.73. The first kappa shape index (κ1) is 13.0. The fourth-order valence-corrected chi connectivity index (χ4v) is 3.30. The van der Waals surface area contributed by atoms with Crippen LogP contribution < -0.4 is 5.32 Å². The summed E-state index contributed by atoms with van der Waals surface area (Å²) in [6.45, 7) is 0. The third kappa shape index (κ3) is 3.29. The molecule has 17 heavy (non-hydrogen) atoms. The molecule has 1 aliphatic rings. The highest BCUT2D eigenvalue weighted by molar-refractivity contribution is 9.10. The van der Waals surface area contributed by atoms with Crippen LogP contribution in [0.25, 0.3) is 0 Å². The van der Waals surface area contributed by atoms with Crippen molar-refractivity contribution >= 4 is 15.9 Å². The van der Waals surface area contributed by atoms with Crippen LogP contribution in [0.15, 0.2) is 22.7 Å². The lowest BCUT2D eigenvalue weighted by Crippen LogP contribution is -2.34. The normalized spacial score (nSPS) is 18.5. The largest absolute Gasteiger partial charge is 0.316 e. The highest BCUT2D eigenvalue weighted by Crippen LogP contribution is 2.30. The van der Waals surface area contributed by atoms with Gasteiger partial charge in [0.25, 0.3) is 0 Å². The molecule has 3 heteroatoms. The summed E-state index contributed by atoms with van der Waals surface area (Å²) in [6, 6.07) is 5.50. The Hall–Kier alpha value is -0.410. The molecule has 0 spiro atoms. The summed E-state index contributed by atoms with van der Waals surface area (Å²) >= 11 is 3.45. The van der Waals surface area contributed by atoms with Gasteiger partial charge in [0.15, 0.2) is 0 Å². The van der Waals surface area contributed by atoms with Crippen LogP contribution in [0, 0.1) is 11.7 Å². The molecule has 1 aliphatic carbocycles. The number of hydrogen-bond acceptors (Lipinski definition) is 1. The molecule has 1 fully saturated rings. The topological polar surface area (TPSA) is 12.0 Å². The molecule has 1 saturated carbocycles. The molecule has 94 valence electrons. The van der Waals surface area contributed by atoms with Gasteiger partial charge in [-0.3, -0.25) is 0 Å². The van der Waals surface area contributed by atoms with Gasteiger partial charge in [-0.25, -0.2) is 4.39 Å². The number of likely N-dealkylation sites (N-methyl/N-ethyl adjacent to an activating group) is 1. The fourth-order valence-electron chi connectivity index (χ4n) is 2.79. The van der Waals surface area contributed by atoms with Crippen molar-refractivity contribution in [2.45, 2.75) is 38.1 Å². The number of halogens is 2. The zero-order chi connectivity index (χ0) is 12.3. The highest BCUT2D eigenvalue weighted by atomic mass is 79.9. The summed E-state index contributed by atoms with van der Waals surface area (Å²) in [7, 11) is 2.03. The van der Waals surface area contributed by atoms with E-state index < -0.39 is 0 Å². The molecular weight excluding hydrogens is 281 g/mol. The van der Waals surface area contributed by atoms with E-state index in [-0.39, 0.29) is 5.82 Å². The molecule has 1 atom stereocenters. The van der Waals surface area contributed by atoms with Crippen LogP contribution in [-0.2, 0) is 6.42 Å². The van der Waals surface area contributed by atoms with Crippen molar-refractivity contribution < 1.29 is 4.39 Å². The summed E-state index contributed by atoms with van der Waals surface area (Å²) in [5.41, 5.74) is 1.19. The quantitative estimate of drug-likeness (QED) is 0.889. The molecule has 0 aromatic heterocycles. The van der Waals surface area contributed by atoms with E-state index in [1.807, 2.05) is 13.1 Å². The van der Waals surface area contributed by atoms with Crippen LogP contribution in [0.1, 0.15) is 31.2 Å². The molecule has 0 heterocycles. The average Bonchev–Trinajstić information content (AvgIpc) is 2.81. The van der Waals surface area contributed by atoms with Crippen LogP contribution in [0.4, 0.5) is 4.39 Å². The zero-order valence-corrected chi connectivity index (χ0v) is 11.8. The van der Waals surface area contributed by atoms with Gasteiger partial charge in [-0.05, 0) is 49.9 Å². The van der Waals surface area contributed by atoms with Gasteiger partial charge in [0, 0.05) is 10.5 Å². The summed E-state index contributed by atoms with van der Waals surface area (Å²) in [5.74, 6) is 0.597. The van der Waals surface area contributed by atoms with E-state index in [0.717, 1.165) is 16.8 Å². The van der Waals surface area contributed by atoms with Gasteiger partial charge >= 0.3 is 0 Å². The molecule has 1 N–H and O–H groups in total. The van der Waals surface area contributed by atoms with Crippen molar-refractivity contribution in [2.24, 2.45) is 5.92 Å². The molecule has 1 unspecified atom stereocenters. The van der Waals surface area contributed by atoms with Gasteiger partial charge in [0.2, 0.25) is 0 Å². The van der Waals surface area contributed by atoms with E-state index in [0.29, 0.717) is 6.04 Å². The minimum atomic E-state index is -0.178. The first-order valence-corrected chi connectivity index (χ1v) is 7.11. The van der Waals surface area contributed by atoms with Crippen LogP contribution in [-0.4, -0.2) is 13.1 Å². The van der Waals surface area contributed by atoms with Crippen molar-refractivity contribution in [3.05, 3.63) is 34.1 Å². The predicted molar refractivity (Wildman–Crippen MR) is 72.6 cm³/mol. The second-order valence-electron chi connectivity index (χ2n) is 4.88. The summed E-state index contributed by atoms with van der Waals surface area (Å²) in [5, 5.41) is 3.42. The molecular formula is C14H19BrFN. The van der Waals surface area contributed by atoms with Gasteiger partial charge in [0.1, 0.15) is 5.82 Å². The van der Waals surface area contributed by atoms with Crippen molar-refractivity contribution in [3.63, 3.8) is 0 Å². The zero-order valence-electron chi connectivity index (χ0n) is 10.2. The Morgan fingerprint density at radius 2 is 2.12 bits per heavy atom. The van der Waals surface area contributed by atoms with Gasteiger partial charge in [-0.1, -0.05) is 34.8 Å². The van der Waals surface area contributed by atoms with E-state index in [1.165, 1.54) is 31.2 Å². The Balaban J connectivity index is 2.06. The maximum absolute atomic E-state index is 13.0. The first-order valence-electron chi connectivity index (χ1n) is 6.32. The Kier molecular flexibility index (Phi) is 4.57. The summed E-state index contributed by atoms with van der Waals surface area (Å²) in [6.07, 6.45) is 6.33. The minimum absolute atomic E-state index is 0.178. The lowest BCUT2D eigenvalue weighted by Gasteiger charge is -2.23. The molecule has 0 radical (unpaired) electrons. The summed E-state index contributed by atoms with van der Waals surface area (Å²) < 4.78 is 13.9. The van der Waals surface area contributed by atoms with Gasteiger partial charge < -0.3 is 5.32 Å². The Bertz CT molecular complexity index is 374. The third-order valence-corrected chi connectivity index (χ3v) is 4.53. The number of rotatable bonds is 4. The van der Waals surface area contributed by atoms with E-state index in [1.54, 1.807) is 12.1 Å². The standard InChI is InChI=1S/C14H19BrFN/c1-17-14(10-4-2-3-5-10)8-11-6-7-12(16)9-13(11)15/h6-7,9-10,14,17H,2-5,8H2,1H3. The predicted octanol–water partition coefficient (Wildman–Crippen LogP) is 3.91. The van der Waals surface area contributed by atoms with Crippen molar-refractivity contribution in [2.75, 3.05) is 7.05 Å². The van der Waals surface area contributed by atoms with Crippen molar-refractivity contribution in [3.8, 4) is 0 Å². The second kappa shape index (κ2) is 5.96. The fraction of sp³-hybridized carbons (Fsp3) is 0.571. The van der Waals surface area contributed by atoms with E-state index in [9.17, 15) is 4.39 Å². The van der Waals surface area contributed by atoms with Gasteiger partial charge in [0.05, 0.1) is 0 Å². The highest BCUT2D eigenvalue weighted by Gasteiger charge is 2.24. The van der Waals surface area contributed by atoms with Crippen molar-refractivity contribution in [1.29, 1.82) is 0 Å². The van der Waals surface area contributed by atoms with E-state index >= 15 is 0 Å². The number of nitrogens with one attached hydrogen (secondary N) is 1. The van der Waals surface area contributed by atoms with Crippen LogP contribution in [0.3, 0.4) is 0 Å². The Labute approximate surface area is 111 Å². The van der Waals surface area contributed by atoms with Gasteiger partial charge in [-0.15, -0.1) is 0 Å². The first-order chi connectivity index (χ1) is 8.20. The lowest BCUT2D eigenvalue weighted by molar-refractivity contribution is 0.376. The average molecular weight is 300 g/mol. The smallest absolute Gasteiger partial charge is 0.124 e. The molecule has 0 aliphatic heterocycles. The molecule has 0 amide bonds. The van der Waals surface area contributed by atoms with Crippen molar-refractivity contribution in [1.82, 2.24) is 5.32 Å². The molecule has 1 nitrogen and oxygen atoms in total. The van der Waals surface area contributed by atoms with Gasteiger partial charge in [-0.2, -0.15) is 0 Å². The SMILES string of the molecule is CNC(Cc1ccc(F)cc1Br)C1CCCC1. The van der Waals surface area contributed by atoms with Crippen LogP contribution >= 0.6 is 15.9 Å². The van der Waals surface area contributed by atoms with Crippen LogP contribution in [0.5, 0.6) is 0 Å².